The van der Waals surface area contributed by atoms with Gasteiger partial charge in [-0.05, 0) is 25.1 Å². The van der Waals surface area contributed by atoms with E-state index < -0.39 is 0 Å². The summed E-state index contributed by atoms with van der Waals surface area (Å²) in [6.07, 6.45) is 0. The minimum absolute atomic E-state index is 0.0691. The van der Waals surface area contributed by atoms with Crippen LogP contribution in [0.1, 0.15) is 16.1 Å². The Bertz CT molecular complexity index is 922. The lowest BCUT2D eigenvalue weighted by atomic mass is 10.1. The van der Waals surface area contributed by atoms with E-state index in [1.165, 1.54) is 12.1 Å². The predicted molar refractivity (Wildman–Crippen MR) is 106 cm³/mol. The van der Waals surface area contributed by atoms with Crippen LogP contribution in [0, 0.1) is 12.7 Å². The summed E-state index contributed by atoms with van der Waals surface area (Å²) < 4.78 is 18.7. The van der Waals surface area contributed by atoms with Crippen LogP contribution < -0.4 is 0 Å². The SMILES string of the molecule is Cc1nc2cc(F)ccc2cc1C(=O)N1CCN(CC(=O)N2CCOCC2)CC1. The Hall–Kier alpha value is -2.58. The first-order valence-corrected chi connectivity index (χ1v) is 9.95. The number of fused-ring (bicyclic) bond motifs is 1. The van der Waals surface area contributed by atoms with Crippen LogP contribution >= 0.6 is 0 Å². The fourth-order valence-corrected chi connectivity index (χ4v) is 3.84. The van der Waals surface area contributed by atoms with Crippen molar-refractivity contribution in [1.82, 2.24) is 19.7 Å². The average Bonchev–Trinajstić information content (AvgIpc) is 2.74. The van der Waals surface area contributed by atoms with Gasteiger partial charge in [-0.3, -0.25) is 19.5 Å². The topological polar surface area (TPSA) is 66.0 Å². The second-order valence-electron chi connectivity index (χ2n) is 7.52. The van der Waals surface area contributed by atoms with Crippen molar-refractivity contribution >= 4 is 22.7 Å². The van der Waals surface area contributed by atoms with Crippen molar-refractivity contribution < 1.29 is 18.7 Å². The molecule has 29 heavy (non-hydrogen) atoms. The van der Waals surface area contributed by atoms with E-state index in [-0.39, 0.29) is 17.6 Å². The molecule has 8 heteroatoms. The van der Waals surface area contributed by atoms with Gasteiger partial charge in [-0.15, -0.1) is 0 Å². The molecule has 4 rings (SSSR count). The van der Waals surface area contributed by atoms with Crippen LogP contribution in [0.25, 0.3) is 10.9 Å². The molecule has 0 bridgehead atoms. The van der Waals surface area contributed by atoms with Gasteiger partial charge in [0.25, 0.3) is 5.91 Å². The first kappa shape index (κ1) is 19.7. The maximum Gasteiger partial charge on any atom is 0.255 e. The van der Waals surface area contributed by atoms with Gasteiger partial charge in [-0.1, -0.05) is 0 Å². The molecule has 2 aromatic rings. The Labute approximate surface area is 169 Å². The van der Waals surface area contributed by atoms with Crippen molar-refractivity contribution in [3.8, 4) is 0 Å². The first-order chi connectivity index (χ1) is 14.0. The molecule has 0 saturated carbocycles. The van der Waals surface area contributed by atoms with Gasteiger partial charge in [-0.25, -0.2) is 4.39 Å². The van der Waals surface area contributed by atoms with E-state index in [1.54, 1.807) is 24.0 Å². The zero-order valence-corrected chi connectivity index (χ0v) is 16.6. The molecule has 7 nitrogen and oxygen atoms in total. The highest BCUT2D eigenvalue weighted by molar-refractivity contribution is 5.98. The monoisotopic (exact) mass is 400 g/mol. The van der Waals surface area contributed by atoms with Crippen molar-refractivity contribution in [2.24, 2.45) is 0 Å². The third-order valence-electron chi connectivity index (χ3n) is 5.58. The first-order valence-electron chi connectivity index (χ1n) is 9.95. The van der Waals surface area contributed by atoms with Crippen molar-refractivity contribution in [3.05, 3.63) is 41.3 Å². The van der Waals surface area contributed by atoms with E-state index in [0.29, 0.717) is 75.8 Å². The van der Waals surface area contributed by atoms with E-state index in [4.69, 9.17) is 4.74 Å². The maximum absolute atomic E-state index is 13.4. The average molecular weight is 400 g/mol. The summed E-state index contributed by atoms with van der Waals surface area (Å²) in [7, 11) is 0. The van der Waals surface area contributed by atoms with E-state index in [2.05, 4.69) is 9.88 Å². The molecule has 0 unspecified atom stereocenters. The number of ether oxygens (including phenoxy) is 1. The Morgan fingerprint density at radius 1 is 1.03 bits per heavy atom. The van der Waals surface area contributed by atoms with Gasteiger partial charge in [0.15, 0.2) is 0 Å². The van der Waals surface area contributed by atoms with Gasteiger partial charge in [0.1, 0.15) is 5.82 Å². The molecule has 3 heterocycles. The molecule has 2 amide bonds. The fourth-order valence-electron chi connectivity index (χ4n) is 3.84. The second kappa shape index (κ2) is 8.42. The quantitative estimate of drug-likeness (QED) is 0.777. The molecule has 2 saturated heterocycles. The lowest BCUT2D eigenvalue weighted by molar-refractivity contribution is -0.136. The number of hydrogen-bond donors (Lipinski definition) is 0. The zero-order valence-electron chi connectivity index (χ0n) is 16.6. The molecule has 2 aliphatic rings. The number of halogens is 1. The highest BCUT2D eigenvalue weighted by Crippen LogP contribution is 2.20. The van der Waals surface area contributed by atoms with Crippen LogP contribution in [0.15, 0.2) is 24.3 Å². The van der Waals surface area contributed by atoms with Crippen molar-refractivity contribution in [3.63, 3.8) is 0 Å². The number of carbonyl (C=O) groups is 2. The molecule has 1 aromatic carbocycles. The summed E-state index contributed by atoms with van der Waals surface area (Å²) in [4.78, 5) is 35.6. The minimum Gasteiger partial charge on any atom is -0.378 e. The number of carbonyl (C=O) groups excluding carboxylic acids is 2. The predicted octanol–water partition coefficient (Wildman–Crippen LogP) is 1.30. The van der Waals surface area contributed by atoms with E-state index in [9.17, 15) is 14.0 Å². The molecule has 154 valence electrons. The van der Waals surface area contributed by atoms with Crippen LogP contribution in [0.4, 0.5) is 4.39 Å². The van der Waals surface area contributed by atoms with Crippen LogP contribution in [0.3, 0.4) is 0 Å². The number of amides is 2. The molecule has 1 aromatic heterocycles. The lowest BCUT2D eigenvalue weighted by Gasteiger charge is -2.36. The van der Waals surface area contributed by atoms with Crippen LogP contribution in [0.2, 0.25) is 0 Å². The molecule has 0 radical (unpaired) electrons. The van der Waals surface area contributed by atoms with E-state index >= 15 is 0 Å². The fraction of sp³-hybridized carbons (Fsp3) is 0.476. The van der Waals surface area contributed by atoms with Crippen molar-refractivity contribution in [2.75, 3.05) is 59.0 Å². The van der Waals surface area contributed by atoms with Crippen LogP contribution in [-0.4, -0.2) is 90.5 Å². The number of benzene rings is 1. The molecule has 0 atom stereocenters. The second-order valence-corrected chi connectivity index (χ2v) is 7.52. The van der Waals surface area contributed by atoms with E-state index in [1.807, 2.05) is 4.90 Å². The van der Waals surface area contributed by atoms with E-state index in [0.717, 1.165) is 5.39 Å². The van der Waals surface area contributed by atoms with Gasteiger partial charge in [0.2, 0.25) is 5.91 Å². The smallest absolute Gasteiger partial charge is 0.255 e. The summed E-state index contributed by atoms with van der Waals surface area (Å²) >= 11 is 0. The Morgan fingerprint density at radius 2 is 1.76 bits per heavy atom. The van der Waals surface area contributed by atoms with Gasteiger partial charge in [-0.2, -0.15) is 0 Å². The number of hydrogen-bond acceptors (Lipinski definition) is 5. The number of aryl methyl sites for hydroxylation is 1. The summed E-state index contributed by atoms with van der Waals surface area (Å²) in [6.45, 7) is 7.09. The van der Waals surface area contributed by atoms with Crippen LogP contribution in [-0.2, 0) is 9.53 Å². The number of rotatable bonds is 3. The number of morpholine rings is 1. The zero-order chi connectivity index (χ0) is 20.4. The number of pyridine rings is 1. The summed E-state index contributed by atoms with van der Waals surface area (Å²) in [5, 5.41) is 0.745. The van der Waals surface area contributed by atoms with Crippen LogP contribution in [0.5, 0.6) is 0 Å². The largest absolute Gasteiger partial charge is 0.378 e. The molecule has 0 N–H and O–H groups in total. The van der Waals surface area contributed by atoms with Crippen molar-refractivity contribution in [1.29, 1.82) is 0 Å². The number of aromatic nitrogens is 1. The summed E-state index contributed by atoms with van der Waals surface area (Å²) in [6, 6.07) is 6.18. The van der Waals surface area contributed by atoms with Crippen molar-refractivity contribution in [2.45, 2.75) is 6.92 Å². The van der Waals surface area contributed by atoms with Gasteiger partial charge in [0.05, 0.1) is 36.5 Å². The molecular formula is C21H25FN4O3. The highest BCUT2D eigenvalue weighted by Gasteiger charge is 2.26. The Balaban J connectivity index is 1.37. The van der Waals surface area contributed by atoms with Gasteiger partial charge in [0, 0.05) is 50.7 Å². The van der Waals surface area contributed by atoms with Gasteiger partial charge < -0.3 is 14.5 Å². The third-order valence-corrected chi connectivity index (χ3v) is 5.58. The number of nitrogens with zero attached hydrogens (tertiary/aromatic N) is 4. The molecule has 2 aliphatic heterocycles. The Morgan fingerprint density at radius 3 is 2.48 bits per heavy atom. The third kappa shape index (κ3) is 4.38. The molecular weight excluding hydrogens is 375 g/mol. The highest BCUT2D eigenvalue weighted by atomic mass is 19.1. The standard InChI is InChI=1S/C21H25FN4O3/c1-15-18(12-16-2-3-17(22)13-19(16)23-15)21(28)26-6-4-24(5-7-26)14-20(27)25-8-10-29-11-9-25/h2-3,12-13H,4-11,14H2,1H3. The summed E-state index contributed by atoms with van der Waals surface area (Å²) in [5.74, 6) is -0.290. The van der Waals surface area contributed by atoms with Gasteiger partial charge >= 0.3 is 0 Å². The molecule has 2 fully saturated rings. The normalized spacial score (nSPS) is 18.3. The molecule has 0 spiro atoms. The Kier molecular flexibility index (Phi) is 5.73. The molecule has 0 aliphatic carbocycles. The minimum atomic E-state index is -0.341. The lowest BCUT2D eigenvalue weighted by Crippen LogP contribution is -2.52. The summed E-state index contributed by atoms with van der Waals surface area (Å²) in [5.41, 5.74) is 1.69. The maximum atomic E-state index is 13.4. The number of piperazine rings is 1.